The quantitative estimate of drug-likeness (QED) is 0.256. The monoisotopic (exact) mass is 596 g/mol. The van der Waals surface area contributed by atoms with Crippen molar-refractivity contribution >= 4 is 59.7 Å². The summed E-state index contributed by atoms with van der Waals surface area (Å²) in [5, 5.41) is 4.60. The van der Waals surface area contributed by atoms with Crippen LogP contribution < -0.4 is 5.32 Å². The number of fused-ring (bicyclic) bond motifs is 2. The Bertz CT molecular complexity index is 1620. The second-order valence-electron chi connectivity index (χ2n) is 9.77. The summed E-state index contributed by atoms with van der Waals surface area (Å²) in [5.41, 5.74) is 3.29. The summed E-state index contributed by atoms with van der Waals surface area (Å²) in [6.45, 7) is 7.51. The molecule has 210 valence electrons. The molecule has 0 unspecified atom stereocenters. The van der Waals surface area contributed by atoms with Gasteiger partial charge in [0.25, 0.3) is 5.91 Å². The Kier molecular flexibility index (Phi) is 8.37. The minimum atomic E-state index is -3.63. The summed E-state index contributed by atoms with van der Waals surface area (Å²) in [4.78, 5) is 33.4. The molecular weight excluding hydrogens is 565 g/mol. The van der Waals surface area contributed by atoms with Crippen LogP contribution in [0.2, 0.25) is 0 Å². The fraction of sp³-hybridized carbons (Fsp3) is 0.345. The van der Waals surface area contributed by atoms with E-state index in [1.54, 1.807) is 30.4 Å². The van der Waals surface area contributed by atoms with E-state index in [9.17, 15) is 18.0 Å². The number of carbonyl (C=O) groups is 2. The standard InChI is InChI=1S/C29H32N4O4S3/c1-4-15-33(16-5-2)40(36,37)21-12-10-20(11-13-21)27(35)31-29-26(28-30-23-8-6-7-9-24(23)38-28)22-14-17-32(19(3)34)18-25(22)39-29/h6-13H,4-5,14-18H2,1-3H3,(H,31,35). The third-order valence-electron chi connectivity index (χ3n) is 6.94. The topological polar surface area (TPSA) is 99.7 Å². The molecule has 4 aromatic rings. The molecule has 2 amide bonds. The van der Waals surface area contributed by atoms with Gasteiger partial charge in [-0.25, -0.2) is 13.4 Å². The molecule has 8 nitrogen and oxygen atoms in total. The summed E-state index contributed by atoms with van der Waals surface area (Å²) in [6.07, 6.45) is 2.14. The van der Waals surface area contributed by atoms with E-state index >= 15 is 0 Å². The molecule has 0 aliphatic carbocycles. The third-order valence-corrected chi connectivity index (χ3v) is 11.0. The molecular formula is C29H32N4O4S3. The summed E-state index contributed by atoms with van der Waals surface area (Å²) in [5.74, 6) is -0.301. The lowest BCUT2D eigenvalue weighted by atomic mass is 10.0. The van der Waals surface area contributed by atoms with Crippen molar-refractivity contribution in [2.45, 2.75) is 51.5 Å². The van der Waals surface area contributed by atoms with Crippen LogP contribution in [-0.4, -0.2) is 54.1 Å². The first kappa shape index (κ1) is 28.4. The van der Waals surface area contributed by atoms with Crippen molar-refractivity contribution in [1.29, 1.82) is 0 Å². The molecule has 0 radical (unpaired) electrons. The van der Waals surface area contributed by atoms with Crippen molar-refractivity contribution in [3.63, 3.8) is 0 Å². The molecule has 3 heterocycles. The molecule has 5 rings (SSSR count). The fourth-order valence-corrected chi connectivity index (χ4v) is 8.91. The highest BCUT2D eigenvalue weighted by Gasteiger charge is 2.29. The molecule has 1 aliphatic rings. The van der Waals surface area contributed by atoms with E-state index in [4.69, 9.17) is 4.98 Å². The predicted molar refractivity (Wildman–Crippen MR) is 161 cm³/mol. The van der Waals surface area contributed by atoms with Gasteiger partial charge in [0.1, 0.15) is 10.0 Å². The summed E-state index contributed by atoms with van der Waals surface area (Å²) in [6, 6.07) is 14.1. The molecule has 40 heavy (non-hydrogen) atoms. The Morgan fingerprint density at radius 2 is 1.73 bits per heavy atom. The lowest BCUT2D eigenvalue weighted by Gasteiger charge is -2.26. The lowest BCUT2D eigenvalue weighted by molar-refractivity contribution is -0.129. The van der Waals surface area contributed by atoms with Crippen LogP contribution in [0.25, 0.3) is 20.8 Å². The van der Waals surface area contributed by atoms with Gasteiger partial charge in [0.2, 0.25) is 15.9 Å². The van der Waals surface area contributed by atoms with E-state index in [0.29, 0.717) is 43.2 Å². The molecule has 2 aromatic heterocycles. The van der Waals surface area contributed by atoms with E-state index in [-0.39, 0.29) is 16.7 Å². The zero-order chi connectivity index (χ0) is 28.4. The van der Waals surface area contributed by atoms with Crippen LogP contribution in [0.1, 0.15) is 54.4 Å². The number of para-hydroxylation sites is 1. The number of hydrogen-bond acceptors (Lipinski definition) is 7. The predicted octanol–water partition coefficient (Wildman–Crippen LogP) is 5.99. The summed E-state index contributed by atoms with van der Waals surface area (Å²) in [7, 11) is -3.63. The molecule has 0 saturated heterocycles. The number of sulfonamides is 1. The van der Waals surface area contributed by atoms with Crippen LogP contribution >= 0.6 is 22.7 Å². The highest BCUT2D eigenvalue weighted by Crippen LogP contribution is 2.45. The number of thiazole rings is 1. The van der Waals surface area contributed by atoms with Crippen molar-refractivity contribution in [2.75, 3.05) is 25.0 Å². The van der Waals surface area contributed by atoms with E-state index in [1.165, 1.54) is 27.8 Å². The number of benzene rings is 2. The van der Waals surface area contributed by atoms with Crippen LogP contribution in [0.3, 0.4) is 0 Å². The smallest absolute Gasteiger partial charge is 0.256 e. The van der Waals surface area contributed by atoms with Crippen molar-refractivity contribution < 1.29 is 18.0 Å². The molecule has 2 aromatic carbocycles. The van der Waals surface area contributed by atoms with Crippen LogP contribution in [-0.2, 0) is 27.8 Å². The Morgan fingerprint density at radius 1 is 1.02 bits per heavy atom. The first-order chi connectivity index (χ1) is 19.2. The minimum absolute atomic E-state index is 0.0256. The van der Waals surface area contributed by atoms with Crippen LogP contribution in [0.5, 0.6) is 0 Å². The van der Waals surface area contributed by atoms with Crippen molar-refractivity contribution in [2.24, 2.45) is 0 Å². The molecule has 11 heteroatoms. The maximum absolute atomic E-state index is 13.4. The highest BCUT2D eigenvalue weighted by molar-refractivity contribution is 7.89. The van der Waals surface area contributed by atoms with Crippen LogP contribution in [0, 0.1) is 0 Å². The molecule has 0 bridgehead atoms. The normalized spacial score (nSPS) is 13.6. The Morgan fingerprint density at radius 3 is 2.38 bits per heavy atom. The number of nitrogens with one attached hydrogen (secondary N) is 1. The van der Waals surface area contributed by atoms with Gasteiger partial charge in [0, 0.05) is 42.6 Å². The SMILES string of the molecule is CCCN(CCC)S(=O)(=O)c1ccc(C(=O)Nc2sc3c(c2-c2nc4ccccc4s2)CCN(C(C)=O)C3)cc1. The summed E-state index contributed by atoms with van der Waals surface area (Å²) >= 11 is 3.05. The second-order valence-corrected chi connectivity index (χ2v) is 13.8. The largest absolute Gasteiger partial charge is 0.337 e. The first-order valence-corrected chi connectivity index (χ1v) is 16.5. The zero-order valence-corrected chi connectivity index (χ0v) is 25.2. The highest BCUT2D eigenvalue weighted by atomic mass is 32.2. The van der Waals surface area contributed by atoms with Gasteiger partial charge >= 0.3 is 0 Å². The number of nitrogens with zero attached hydrogens (tertiary/aromatic N) is 3. The second kappa shape index (κ2) is 11.8. The van der Waals surface area contributed by atoms with Gasteiger partial charge in [0.15, 0.2) is 0 Å². The minimum Gasteiger partial charge on any atom is -0.337 e. The maximum Gasteiger partial charge on any atom is 0.256 e. The molecule has 0 spiro atoms. The van der Waals surface area contributed by atoms with Crippen LogP contribution in [0.15, 0.2) is 53.4 Å². The molecule has 1 aliphatic heterocycles. The Hall–Kier alpha value is -3.12. The number of thiophene rings is 1. The molecule has 0 saturated carbocycles. The Labute approximate surface area is 242 Å². The number of hydrogen-bond donors (Lipinski definition) is 1. The van der Waals surface area contributed by atoms with Gasteiger partial charge in [-0.15, -0.1) is 22.7 Å². The number of carbonyl (C=O) groups excluding carboxylic acids is 2. The van der Waals surface area contributed by atoms with Gasteiger partial charge in [-0.2, -0.15) is 4.31 Å². The maximum atomic E-state index is 13.4. The molecule has 0 atom stereocenters. The van der Waals surface area contributed by atoms with Crippen molar-refractivity contribution in [3.8, 4) is 10.6 Å². The van der Waals surface area contributed by atoms with Gasteiger partial charge in [-0.1, -0.05) is 26.0 Å². The average Bonchev–Trinajstić information content (AvgIpc) is 3.53. The van der Waals surface area contributed by atoms with E-state index in [2.05, 4.69) is 5.32 Å². The van der Waals surface area contributed by atoms with E-state index < -0.39 is 10.0 Å². The van der Waals surface area contributed by atoms with Gasteiger partial charge in [-0.3, -0.25) is 9.59 Å². The number of aromatic nitrogens is 1. The van der Waals surface area contributed by atoms with Gasteiger partial charge in [-0.05, 0) is 61.2 Å². The number of amides is 2. The first-order valence-electron chi connectivity index (χ1n) is 13.4. The summed E-state index contributed by atoms with van der Waals surface area (Å²) < 4.78 is 28.8. The van der Waals surface area contributed by atoms with E-state index in [1.807, 2.05) is 43.0 Å². The Balaban J connectivity index is 1.46. The fourth-order valence-electron chi connectivity index (χ4n) is 4.92. The van der Waals surface area contributed by atoms with Crippen LogP contribution in [0.4, 0.5) is 5.00 Å². The number of anilines is 1. The van der Waals surface area contributed by atoms with Gasteiger partial charge < -0.3 is 10.2 Å². The van der Waals surface area contributed by atoms with Crippen molar-refractivity contribution in [1.82, 2.24) is 14.2 Å². The lowest BCUT2D eigenvalue weighted by Crippen LogP contribution is -2.33. The van der Waals surface area contributed by atoms with Crippen molar-refractivity contribution in [3.05, 3.63) is 64.5 Å². The third kappa shape index (κ3) is 5.56. The zero-order valence-electron chi connectivity index (χ0n) is 22.8. The van der Waals surface area contributed by atoms with Gasteiger partial charge in [0.05, 0.1) is 21.7 Å². The average molecular weight is 597 g/mol. The molecule has 1 N–H and O–H groups in total. The molecule has 0 fully saturated rings. The number of rotatable bonds is 9. The van der Waals surface area contributed by atoms with E-state index in [0.717, 1.165) is 44.1 Å².